The fourth-order valence-corrected chi connectivity index (χ4v) is 3.26. The third-order valence-corrected chi connectivity index (χ3v) is 4.91. The standard InChI is InChI=1S/C22H25ClFN7O2/c1-4-5-14-6-7-15(24)8-17(14)19(13-33-3)29-21-18(23)10-26-22(30-21)28-16-9-27-31(11-16)12-20(32)25-2/h4-11,19H,12-13H2,1-3H3,(H,25,32)(H2,26,28,29,30)/b5-4+. The number of anilines is 3. The summed E-state index contributed by atoms with van der Waals surface area (Å²) in [5.74, 6) is 0.0962. The summed E-state index contributed by atoms with van der Waals surface area (Å²) in [6.07, 6.45) is 8.44. The number of ether oxygens (including phenoxy) is 1. The first kappa shape index (κ1) is 24.1. The fraction of sp³-hybridized carbons (Fsp3) is 0.273. The maximum absolute atomic E-state index is 14.0. The highest BCUT2D eigenvalue weighted by atomic mass is 35.5. The largest absolute Gasteiger partial charge is 0.382 e. The normalized spacial score (nSPS) is 12.0. The summed E-state index contributed by atoms with van der Waals surface area (Å²) in [6.45, 7) is 2.23. The van der Waals surface area contributed by atoms with Crippen LogP contribution in [0.15, 0.2) is 42.9 Å². The molecule has 0 spiro atoms. The summed E-state index contributed by atoms with van der Waals surface area (Å²) in [5, 5.41) is 13.2. The van der Waals surface area contributed by atoms with Crippen molar-refractivity contribution in [3.8, 4) is 0 Å². The van der Waals surface area contributed by atoms with E-state index in [1.54, 1.807) is 32.6 Å². The van der Waals surface area contributed by atoms with Crippen molar-refractivity contribution in [2.45, 2.75) is 19.5 Å². The van der Waals surface area contributed by atoms with Crippen LogP contribution in [-0.2, 0) is 16.1 Å². The van der Waals surface area contributed by atoms with E-state index >= 15 is 0 Å². The number of benzene rings is 1. The molecule has 1 aromatic carbocycles. The van der Waals surface area contributed by atoms with E-state index in [-0.39, 0.29) is 30.8 Å². The molecule has 0 fully saturated rings. The van der Waals surface area contributed by atoms with Crippen LogP contribution in [0.1, 0.15) is 24.1 Å². The molecule has 2 aromatic heterocycles. The number of amides is 1. The van der Waals surface area contributed by atoms with Gasteiger partial charge >= 0.3 is 0 Å². The van der Waals surface area contributed by atoms with E-state index in [4.69, 9.17) is 16.3 Å². The second-order valence-electron chi connectivity index (χ2n) is 7.04. The van der Waals surface area contributed by atoms with Crippen LogP contribution < -0.4 is 16.0 Å². The van der Waals surface area contributed by atoms with Crippen molar-refractivity contribution < 1.29 is 13.9 Å². The number of nitrogens with zero attached hydrogens (tertiary/aromatic N) is 4. The third kappa shape index (κ3) is 6.50. The quantitative estimate of drug-likeness (QED) is 0.411. The average molecular weight is 474 g/mol. The number of carbonyl (C=O) groups excluding carboxylic acids is 1. The zero-order valence-electron chi connectivity index (χ0n) is 18.5. The molecule has 174 valence electrons. The number of hydrogen-bond donors (Lipinski definition) is 3. The maximum atomic E-state index is 14.0. The molecule has 0 aliphatic carbocycles. The highest BCUT2D eigenvalue weighted by Gasteiger charge is 2.18. The van der Waals surface area contributed by atoms with Gasteiger partial charge in [-0.25, -0.2) is 9.37 Å². The molecule has 1 amide bonds. The smallest absolute Gasteiger partial charge is 0.241 e. The fourth-order valence-electron chi connectivity index (χ4n) is 3.12. The lowest BCUT2D eigenvalue weighted by Gasteiger charge is -2.22. The van der Waals surface area contributed by atoms with Crippen LogP contribution >= 0.6 is 11.6 Å². The van der Waals surface area contributed by atoms with E-state index < -0.39 is 6.04 Å². The van der Waals surface area contributed by atoms with Gasteiger partial charge < -0.3 is 20.7 Å². The Morgan fingerprint density at radius 3 is 2.91 bits per heavy atom. The number of hydrogen-bond acceptors (Lipinski definition) is 7. The lowest BCUT2D eigenvalue weighted by Crippen LogP contribution is -2.23. The van der Waals surface area contributed by atoms with Crippen molar-refractivity contribution in [1.82, 2.24) is 25.1 Å². The summed E-state index contributed by atoms with van der Waals surface area (Å²) < 4.78 is 20.9. The summed E-state index contributed by atoms with van der Waals surface area (Å²) >= 11 is 6.34. The summed E-state index contributed by atoms with van der Waals surface area (Å²) in [4.78, 5) is 20.2. The highest BCUT2D eigenvalue weighted by molar-refractivity contribution is 6.32. The van der Waals surface area contributed by atoms with Gasteiger partial charge in [-0.1, -0.05) is 29.8 Å². The highest BCUT2D eigenvalue weighted by Crippen LogP contribution is 2.29. The van der Waals surface area contributed by atoms with Gasteiger partial charge in [0.15, 0.2) is 5.82 Å². The van der Waals surface area contributed by atoms with Crippen LogP contribution in [-0.4, -0.2) is 46.4 Å². The van der Waals surface area contributed by atoms with Gasteiger partial charge in [-0.2, -0.15) is 10.1 Å². The van der Waals surface area contributed by atoms with Crippen molar-refractivity contribution in [1.29, 1.82) is 0 Å². The molecular weight excluding hydrogens is 449 g/mol. The molecule has 11 heteroatoms. The Hall–Kier alpha value is -3.50. The van der Waals surface area contributed by atoms with Crippen molar-refractivity contribution >= 4 is 41.0 Å². The van der Waals surface area contributed by atoms with Crippen molar-refractivity contribution in [3.05, 3.63) is 64.8 Å². The summed E-state index contributed by atoms with van der Waals surface area (Å²) in [7, 11) is 3.12. The van der Waals surface area contributed by atoms with Crippen LogP contribution in [0.3, 0.4) is 0 Å². The Labute approximate surface area is 196 Å². The number of likely N-dealkylation sites (N-methyl/N-ethyl adjacent to an activating group) is 1. The Bertz CT molecular complexity index is 1140. The van der Waals surface area contributed by atoms with Gasteiger partial charge in [-0.05, 0) is 30.2 Å². The van der Waals surface area contributed by atoms with Crippen molar-refractivity contribution in [2.24, 2.45) is 0 Å². The minimum absolute atomic E-state index is 0.0906. The molecule has 1 unspecified atom stereocenters. The lowest BCUT2D eigenvalue weighted by atomic mass is 10.00. The van der Waals surface area contributed by atoms with Crippen molar-refractivity contribution in [2.75, 3.05) is 31.4 Å². The molecule has 33 heavy (non-hydrogen) atoms. The Morgan fingerprint density at radius 1 is 1.36 bits per heavy atom. The Balaban J connectivity index is 1.84. The van der Waals surface area contributed by atoms with Crippen LogP contribution in [0.25, 0.3) is 6.08 Å². The van der Waals surface area contributed by atoms with Crippen LogP contribution in [0.4, 0.5) is 21.8 Å². The number of allylic oxidation sites excluding steroid dienone is 1. The number of halogens is 2. The average Bonchev–Trinajstić information content (AvgIpc) is 3.23. The third-order valence-electron chi connectivity index (χ3n) is 4.63. The van der Waals surface area contributed by atoms with Crippen LogP contribution in [0.5, 0.6) is 0 Å². The summed E-state index contributed by atoms with van der Waals surface area (Å²) in [6, 6.07) is 4.15. The molecule has 3 N–H and O–H groups in total. The topological polar surface area (TPSA) is 106 Å². The first-order valence-corrected chi connectivity index (χ1v) is 10.5. The monoisotopic (exact) mass is 473 g/mol. The minimum atomic E-state index is -0.424. The molecule has 1 atom stereocenters. The van der Waals surface area contributed by atoms with E-state index in [1.807, 2.05) is 19.1 Å². The second kappa shape index (κ2) is 11.4. The summed E-state index contributed by atoms with van der Waals surface area (Å²) in [5.41, 5.74) is 2.15. The van der Waals surface area contributed by atoms with Gasteiger partial charge in [0.25, 0.3) is 0 Å². The SMILES string of the molecule is C/C=C/c1ccc(F)cc1C(COC)Nc1nc(Nc2cnn(CC(=O)NC)c2)ncc1Cl. The zero-order valence-corrected chi connectivity index (χ0v) is 19.2. The molecule has 2 heterocycles. The van der Waals surface area contributed by atoms with Gasteiger partial charge in [-0.15, -0.1) is 0 Å². The molecule has 0 saturated heterocycles. The first-order valence-electron chi connectivity index (χ1n) is 10.1. The van der Waals surface area contributed by atoms with E-state index in [0.29, 0.717) is 22.1 Å². The van der Waals surface area contributed by atoms with Gasteiger partial charge in [0.1, 0.15) is 17.4 Å². The van der Waals surface area contributed by atoms with Gasteiger partial charge in [0.05, 0.1) is 30.7 Å². The molecular formula is C22H25ClFN7O2. The number of methoxy groups -OCH3 is 1. The Kier molecular flexibility index (Phi) is 8.34. The maximum Gasteiger partial charge on any atom is 0.241 e. The number of nitrogens with one attached hydrogen (secondary N) is 3. The van der Waals surface area contributed by atoms with Gasteiger partial charge in [0, 0.05) is 20.4 Å². The molecule has 0 aliphatic rings. The van der Waals surface area contributed by atoms with Crippen LogP contribution in [0.2, 0.25) is 5.02 Å². The second-order valence-corrected chi connectivity index (χ2v) is 7.45. The predicted octanol–water partition coefficient (Wildman–Crippen LogP) is 3.79. The molecule has 0 bridgehead atoms. The van der Waals surface area contributed by atoms with E-state index in [2.05, 4.69) is 31.0 Å². The molecule has 3 rings (SSSR count). The Morgan fingerprint density at radius 2 is 2.18 bits per heavy atom. The molecule has 0 aliphatic heterocycles. The zero-order chi connectivity index (χ0) is 23.8. The lowest BCUT2D eigenvalue weighted by molar-refractivity contribution is -0.121. The molecule has 0 radical (unpaired) electrons. The molecule has 3 aromatic rings. The first-order chi connectivity index (χ1) is 15.9. The predicted molar refractivity (Wildman–Crippen MR) is 126 cm³/mol. The molecule has 9 nitrogen and oxygen atoms in total. The van der Waals surface area contributed by atoms with Crippen molar-refractivity contribution in [3.63, 3.8) is 0 Å². The number of rotatable bonds is 10. The van der Waals surface area contributed by atoms with Crippen LogP contribution in [0, 0.1) is 5.82 Å². The van der Waals surface area contributed by atoms with Gasteiger partial charge in [0.2, 0.25) is 11.9 Å². The van der Waals surface area contributed by atoms with E-state index in [9.17, 15) is 9.18 Å². The minimum Gasteiger partial charge on any atom is -0.382 e. The number of aromatic nitrogens is 4. The van der Waals surface area contributed by atoms with Gasteiger partial charge in [-0.3, -0.25) is 9.48 Å². The van der Waals surface area contributed by atoms with E-state index in [1.165, 1.54) is 23.0 Å². The number of carbonyl (C=O) groups is 1. The molecule has 0 saturated carbocycles. The van der Waals surface area contributed by atoms with E-state index in [0.717, 1.165) is 5.56 Å².